The summed E-state index contributed by atoms with van der Waals surface area (Å²) in [5, 5.41) is 13.0. The highest BCUT2D eigenvalue weighted by molar-refractivity contribution is 5.99. The third-order valence-electron chi connectivity index (χ3n) is 6.13. The molecule has 4 aromatic rings. The summed E-state index contributed by atoms with van der Waals surface area (Å²) in [5.41, 5.74) is 9.64. The van der Waals surface area contributed by atoms with E-state index in [0.717, 1.165) is 11.1 Å². The lowest BCUT2D eigenvalue weighted by Gasteiger charge is -2.16. The van der Waals surface area contributed by atoms with E-state index in [0.29, 0.717) is 41.4 Å². The van der Waals surface area contributed by atoms with Crippen molar-refractivity contribution in [3.8, 4) is 11.3 Å². The van der Waals surface area contributed by atoms with Gasteiger partial charge >= 0.3 is 0 Å². The Kier molecular flexibility index (Phi) is 7.95. The first-order valence-electron chi connectivity index (χ1n) is 11.8. The van der Waals surface area contributed by atoms with Crippen LogP contribution < -0.4 is 16.4 Å². The number of aryl methyl sites for hydroxylation is 1. The first-order chi connectivity index (χ1) is 18.7. The van der Waals surface area contributed by atoms with Crippen molar-refractivity contribution in [2.24, 2.45) is 12.8 Å². The number of nitrogens with zero attached hydrogens (tertiary/aromatic N) is 6. The number of nitrogens with two attached hydrogens (primary N) is 1. The topological polar surface area (TPSA) is 164 Å². The number of imidazole rings is 1. The number of carboxylic acid groups (broad SMARTS) is 1. The van der Waals surface area contributed by atoms with E-state index in [1.807, 2.05) is 23.7 Å². The van der Waals surface area contributed by atoms with Gasteiger partial charge in [0.25, 0.3) is 18.3 Å². The van der Waals surface area contributed by atoms with Crippen LogP contribution in [0.2, 0.25) is 0 Å². The highest BCUT2D eigenvalue weighted by Crippen LogP contribution is 2.32. The molecule has 39 heavy (non-hydrogen) atoms. The molecule has 0 spiro atoms. The standard InChI is InChI=1S/C24H25F2N9O.CH2O2/c1-28-22-19(16-9-29-10-17-18(16)30-13-34(17)2)32-20(21(27)36)23(33-22)31-15-5-3-14(4-6-15)11-35-8-7-24(25,26)12-35;2-1-3/h3-6,9-10,13H,7-8,11-12H2,1-2H3,(H2,27,36)(H2,28,31,33);1H,(H,2,3). The number of rotatable bonds is 7. The van der Waals surface area contributed by atoms with Crippen molar-refractivity contribution in [2.75, 3.05) is 30.8 Å². The normalized spacial score (nSPS) is 14.5. The molecule has 204 valence electrons. The van der Waals surface area contributed by atoms with Gasteiger partial charge in [0.1, 0.15) is 11.2 Å². The van der Waals surface area contributed by atoms with Crippen molar-refractivity contribution in [3.63, 3.8) is 0 Å². The van der Waals surface area contributed by atoms with E-state index in [4.69, 9.17) is 15.6 Å². The number of carbonyl (C=O) groups is 2. The van der Waals surface area contributed by atoms with Crippen LogP contribution >= 0.6 is 0 Å². The van der Waals surface area contributed by atoms with E-state index in [2.05, 4.69) is 30.6 Å². The summed E-state index contributed by atoms with van der Waals surface area (Å²) in [4.78, 5) is 40.3. The second kappa shape index (κ2) is 11.3. The minimum atomic E-state index is -2.62. The van der Waals surface area contributed by atoms with Crippen LogP contribution in [-0.4, -0.2) is 72.9 Å². The number of likely N-dealkylation sites (tertiary alicyclic amines) is 1. The fourth-order valence-corrected chi connectivity index (χ4v) is 4.30. The summed E-state index contributed by atoms with van der Waals surface area (Å²) < 4.78 is 28.8. The lowest BCUT2D eigenvalue weighted by molar-refractivity contribution is -0.122. The summed E-state index contributed by atoms with van der Waals surface area (Å²) in [7, 11) is 3.56. The van der Waals surface area contributed by atoms with E-state index >= 15 is 0 Å². The van der Waals surface area contributed by atoms with Crippen molar-refractivity contribution in [3.05, 3.63) is 54.2 Å². The summed E-state index contributed by atoms with van der Waals surface area (Å²) in [5.74, 6) is -2.78. The number of amides is 1. The Morgan fingerprint density at radius 1 is 1.21 bits per heavy atom. The molecule has 1 aliphatic rings. The molecule has 14 heteroatoms. The minimum Gasteiger partial charge on any atom is -0.483 e. The molecule has 1 saturated heterocycles. The molecule has 5 rings (SSSR count). The van der Waals surface area contributed by atoms with Gasteiger partial charge in [0.05, 0.1) is 30.1 Å². The second-order valence-electron chi connectivity index (χ2n) is 8.89. The first kappa shape index (κ1) is 27.3. The van der Waals surface area contributed by atoms with Crippen LogP contribution in [0.5, 0.6) is 0 Å². The second-order valence-corrected chi connectivity index (χ2v) is 8.89. The summed E-state index contributed by atoms with van der Waals surface area (Å²) in [6, 6.07) is 7.27. The zero-order valence-corrected chi connectivity index (χ0v) is 21.2. The molecule has 1 aliphatic heterocycles. The summed E-state index contributed by atoms with van der Waals surface area (Å²) >= 11 is 0. The largest absolute Gasteiger partial charge is 0.483 e. The lowest BCUT2D eigenvalue weighted by Crippen LogP contribution is -2.24. The van der Waals surface area contributed by atoms with Crippen LogP contribution in [0.4, 0.5) is 26.1 Å². The number of halogens is 2. The zero-order valence-electron chi connectivity index (χ0n) is 21.2. The zero-order chi connectivity index (χ0) is 28.2. The number of hydrogen-bond donors (Lipinski definition) is 4. The average Bonchev–Trinajstić information content (AvgIpc) is 3.46. The van der Waals surface area contributed by atoms with Crippen molar-refractivity contribution in [2.45, 2.75) is 18.9 Å². The Hall–Kier alpha value is -4.72. The van der Waals surface area contributed by atoms with E-state index in [1.165, 1.54) is 0 Å². The first-order valence-corrected chi connectivity index (χ1v) is 11.8. The van der Waals surface area contributed by atoms with E-state index in [1.54, 1.807) is 42.8 Å². The van der Waals surface area contributed by atoms with Crippen LogP contribution in [0.15, 0.2) is 43.0 Å². The Bertz CT molecular complexity index is 1490. The fraction of sp³-hybridized carbons (Fsp3) is 0.280. The molecule has 1 aromatic carbocycles. The van der Waals surface area contributed by atoms with Gasteiger partial charge in [0, 0.05) is 45.5 Å². The van der Waals surface area contributed by atoms with Crippen molar-refractivity contribution in [1.82, 2.24) is 29.4 Å². The molecule has 3 aromatic heterocycles. The predicted molar refractivity (Wildman–Crippen MR) is 141 cm³/mol. The Labute approximate surface area is 221 Å². The van der Waals surface area contributed by atoms with Gasteiger partial charge in [-0.25, -0.2) is 23.7 Å². The maximum Gasteiger partial charge on any atom is 0.290 e. The molecule has 0 aliphatic carbocycles. The highest BCUT2D eigenvalue weighted by atomic mass is 19.3. The van der Waals surface area contributed by atoms with Crippen molar-refractivity contribution in [1.29, 1.82) is 0 Å². The number of carbonyl (C=O) groups excluding carboxylic acids is 1. The van der Waals surface area contributed by atoms with E-state index < -0.39 is 11.8 Å². The van der Waals surface area contributed by atoms with Gasteiger partial charge in [-0.3, -0.25) is 19.5 Å². The molecule has 0 radical (unpaired) electrons. The smallest absolute Gasteiger partial charge is 0.290 e. The van der Waals surface area contributed by atoms with E-state index in [9.17, 15) is 13.6 Å². The molecule has 5 N–H and O–H groups in total. The summed E-state index contributed by atoms with van der Waals surface area (Å²) in [6.07, 6.45) is 4.87. The molecule has 12 nitrogen and oxygen atoms in total. The molecular weight excluding hydrogens is 512 g/mol. The number of benzene rings is 1. The summed E-state index contributed by atoms with van der Waals surface area (Å²) in [6.45, 7) is 0.324. The Morgan fingerprint density at radius 3 is 2.54 bits per heavy atom. The van der Waals surface area contributed by atoms with Gasteiger partial charge in [-0.05, 0) is 17.7 Å². The minimum absolute atomic E-state index is 0.0414. The van der Waals surface area contributed by atoms with Gasteiger partial charge in [0.15, 0.2) is 17.3 Å². The maximum atomic E-state index is 13.5. The lowest BCUT2D eigenvalue weighted by atomic mass is 10.1. The third kappa shape index (κ3) is 6.06. The van der Waals surface area contributed by atoms with Gasteiger partial charge in [0.2, 0.25) is 0 Å². The number of fused-ring (bicyclic) bond motifs is 1. The Balaban J connectivity index is 0.00000112. The van der Waals surface area contributed by atoms with Crippen LogP contribution in [0.25, 0.3) is 22.3 Å². The monoisotopic (exact) mass is 539 g/mol. The van der Waals surface area contributed by atoms with Crippen molar-refractivity contribution >= 4 is 40.7 Å². The van der Waals surface area contributed by atoms with Gasteiger partial charge in [-0.15, -0.1) is 0 Å². The number of primary amides is 1. The molecular formula is C25H27F2N9O3. The van der Waals surface area contributed by atoms with Crippen LogP contribution in [-0.2, 0) is 18.4 Å². The molecule has 1 fully saturated rings. The SMILES string of the molecule is CNc1nc(Nc2ccc(CN3CCC(F)(F)C3)cc2)c(C(N)=O)nc1-c1cncc2c1ncn2C.O=CO. The maximum absolute atomic E-state index is 13.5. The van der Waals surface area contributed by atoms with Crippen LogP contribution in [0.3, 0.4) is 0 Å². The van der Waals surface area contributed by atoms with Gasteiger partial charge in [-0.2, -0.15) is 0 Å². The number of nitrogens with one attached hydrogen (secondary N) is 2. The van der Waals surface area contributed by atoms with Crippen LogP contribution in [0, 0.1) is 0 Å². The number of hydrogen-bond acceptors (Lipinski definition) is 9. The number of anilines is 3. The predicted octanol–water partition coefficient (Wildman–Crippen LogP) is 2.85. The number of pyridine rings is 1. The number of aromatic nitrogens is 5. The molecule has 0 unspecified atom stereocenters. The molecule has 4 heterocycles. The molecule has 0 atom stereocenters. The van der Waals surface area contributed by atoms with Gasteiger partial charge < -0.3 is 26.0 Å². The number of alkyl halides is 2. The van der Waals surface area contributed by atoms with E-state index in [-0.39, 0.29) is 30.9 Å². The fourth-order valence-electron chi connectivity index (χ4n) is 4.30. The highest BCUT2D eigenvalue weighted by Gasteiger charge is 2.37. The molecule has 0 saturated carbocycles. The quantitative estimate of drug-likeness (QED) is 0.257. The third-order valence-corrected chi connectivity index (χ3v) is 6.13. The van der Waals surface area contributed by atoms with Gasteiger partial charge in [-0.1, -0.05) is 12.1 Å². The van der Waals surface area contributed by atoms with Crippen LogP contribution in [0.1, 0.15) is 22.5 Å². The van der Waals surface area contributed by atoms with Crippen molar-refractivity contribution < 1.29 is 23.5 Å². The molecule has 1 amide bonds. The Morgan fingerprint density at radius 2 is 1.92 bits per heavy atom. The molecule has 0 bridgehead atoms. The average molecular weight is 540 g/mol.